The summed E-state index contributed by atoms with van der Waals surface area (Å²) in [5.41, 5.74) is 1.36. The van der Waals surface area contributed by atoms with Crippen LogP contribution in [-0.4, -0.2) is 51.5 Å². The minimum absolute atomic E-state index is 0.00836. The van der Waals surface area contributed by atoms with Gasteiger partial charge in [0.15, 0.2) is 5.43 Å². The van der Waals surface area contributed by atoms with E-state index >= 15 is 0 Å². The van der Waals surface area contributed by atoms with E-state index in [1.165, 1.54) is 17.9 Å². The molecular weight excluding hydrogens is 426 g/mol. The van der Waals surface area contributed by atoms with Gasteiger partial charge >= 0.3 is 0 Å². The van der Waals surface area contributed by atoms with Crippen LogP contribution in [0.5, 0.6) is 0 Å². The number of rotatable bonds is 7. The molecule has 0 radical (unpaired) electrons. The van der Waals surface area contributed by atoms with Crippen molar-refractivity contribution in [1.29, 1.82) is 0 Å². The molecule has 32 heavy (non-hydrogen) atoms. The third-order valence-corrected chi connectivity index (χ3v) is 7.42. The molecule has 2 fully saturated rings. The van der Waals surface area contributed by atoms with Gasteiger partial charge in [0.05, 0.1) is 19.0 Å². The number of piperidine rings is 1. The van der Waals surface area contributed by atoms with Crippen LogP contribution in [0.3, 0.4) is 0 Å². The molecular formula is C24H33N3O4S. The number of aromatic amines is 1. The summed E-state index contributed by atoms with van der Waals surface area (Å²) in [6.07, 6.45) is 7.99. The van der Waals surface area contributed by atoms with Gasteiger partial charge in [-0.1, -0.05) is 30.3 Å². The van der Waals surface area contributed by atoms with Crippen molar-refractivity contribution >= 4 is 15.8 Å². The summed E-state index contributed by atoms with van der Waals surface area (Å²) in [4.78, 5) is 17.0. The SMILES string of the molecule is CS(=O)(=O)N[C@H]1CCN(c2cc(=O)cc[nH]2)CC1COC1CCC(c2ccccc2)CC1. The topological polar surface area (TPSA) is 91.5 Å². The Morgan fingerprint density at radius 2 is 1.84 bits per heavy atom. The first kappa shape index (κ1) is 23.0. The van der Waals surface area contributed by atoms with Gasteiger partial charge in [0.25, 0.3) is 0 Å². The van der Waals surface area contributed by atoms with Crippen LogP contribution in [0.4, 0.5) is 5.82 Å². The average molecular weight is 460 g/mol. The number of nitrogens with zero attached hydrogens (tertiary/aromatic N) is 1. The van der Waals surface area contributed by atoms with Gasteiger partial charge < -0.3 is 14.6 Å². The van der Waals surface area contributed by atoms with E-state index < -0.39 is 10.0 Å². The van der Waals surface area contributed by atoms with Crippen LogP contribution in [0, 0.1) is 5.92 Å². The monoisotopic (exact) mass is 459 g/mol. The number of anilines is 1. The van der Waals surface area contributed by atoms with Crippen molar-refractivity contribution in [3.8, 4) is 0 Å². The molecule has 2 heterocycles. The lowest BCUT2D eigenvalue weighted by molar-refractivity contribution is -0.00213. The molecule has 174 valence electrons. The molecule has 0 spiro atoms. The normalized spacial score (nSPS) is 26.7. The second-order valence-corrected chi connectivity index (χ2v) is 10.9. The summed E-state index contributed by atoms with van der Waals surface area (Å²) < 4.78 is 32.9. The standard InChI is InChI=1S/C24H33N3O4S/c1-32(29,30)26-23-12-14-27(24-15-21(28)11-13-25-24)16-20(23)17-31-22-9-7-19(8-10-22)18-5-3-2-4-6-18/h2-6,11,13,15,19-20,22-23,26H,7-10,12,14,16-17H2,1H3,(H,25,28)/t19?,20?,22?,23-/m0/s1. The van der Waals surface area contributed by atoms with Gasteiger partial charge in [-0.05, 0) is 43.6 Å². The number of aromatic nitrogens is 1. The third kappa shape index (κ3) is 6.21. The molecule has 1 aromatic heterocycles. The second-order valence-electron chi connectivity index (χ2n) is 9.12. The van der Waals surface area contributed by atoms with Crippen LogP contribution >= 0.6 is 0 Å². The van der Waals surface area contributed by atoms with Crippen LogP contribution < -0.4 is 15.1 Å². The van der Waals surface area contributed by atoms with E-state index in [4.69, 9.17) is 4.74 Å². The van der Waals surface area contributed by atoms with Crippen LogP contribution in [0.25, 0.3) is 0 Å². The van der Waals surface area contributed by atoms with E-state index in [-0.39, 0.29) is 23.5 Å². The highest BCUT2D eigenvalue weighted by Gasteiger charge is 2.33. The maximum Gasteiger partial charge on any atom is 0.208 e. The Bertz CT molecular complexity index is 1030. The summed E-state index contributed by atoms with van der Waals surface area (Å²) >= 11 is 0. The minimum atomic E-state index is -3.31. The molecule has 1 saturated carbocycles. The van der Waals surface area contributed by atoms with Gasteiger partial charge in [-0.25, -0.2) is 13.1 Å². The van der Waals surface area contributed by atoms with Crippen LogP contribution in [0.15, 0.2) is 53.5 Å². The fraction of sp³-hybridized carbons (Fsp3) is 0.542. The van der Waals surface area contributed by atoms with E-state index in [2.05, 4.69) is 44.9 Å². The molecule has 2 N–H and O–H groups in total. The Morgan fingerprint density at radius 3 is 2.53 bits per heavy atom. The average Bonchev–Trinajstić information content (AvgIpc) is 2.78. The van der Waals surface area contributed by atoms with E-state index in [0.717, 1.165) is 31.5 Å². The summed E-state index contributed by atoms with van der Waals surface area (Å²) in [7, 11) is -3.31. The second kappa shape index (κ2) is 10.2. The summed E-state index contributed by atoms with van der Waals surface area (Å²) in [5.74, 6) is 1.37. The predicted molar refractivity (Wildman–Crippen MR) is 127 cm³/mol. The first-order valence-electron chi connectivity index (χ1n) is 11.4. The van der Waals surface area contributed by atoms with Crippen molar-refractivity contribution in [2.24, 2.45) is 5.92 Å². The first-order valence-corrected chi connectivity index (χ1v) is 13.3. The Labute approximate surface area is 190 Å². The number of nitrogens with one attached hydrogen (secondary N) is 2. The summed E-state index contributed by atoms with van der Waals surface area (Å²) in [5, 5.41) is 0. The molecule has 4 rings (SSSR count). The van der Waals surface area contributed by atoms with Crippen molar-refractivity contribution in [3.63, 3.8) is 0 Å². The molecule has 1 saturated heterocycles. The molecule has 1 aliphatic carbocycles. The van der Waals surface area contributed by atoms with E-state index in [0.29, 0.717) is 32.0 Å². The molecule has 1 aliphatic heterocycles. The number of ether oxygens (including phenoxy) is 1. The minimum Gasteiger partial charge on any atom is -0.378 e. The van der Waals surface area contributed by atoms with Gasteiger partial charge in [0, 0.05) is 43.4 Å². The lowest BCUT2D eigenvalue weighted by Gasteiger charge is -2.40. The summed E-state index contributed by atoms with van der Waals surface area (Å²) in [6, 6.07) is 13.6. The van der Waals surface area contributed by atoms with Gasteiger partial charge in [0.1, 0.15) is 5.82 Å². The van der Waals surface area contributed by atoms with E-state index in [1.54, 1.807) is 12.3 Å². The zero-order valence-corrected chi connectivity index (χ0v) is 19.4. The number of pyridine rings is 1. The third-order valence-electron chi connectivity index (χ3n) is 6.69. The van der Waals surface area contributed by atoms with Crippen molar-refractivity contribution < 1.29 is 13.2 Å². The van der Waals surface area contributed by atoms with Crippen molar-refractivity contribution in [2.45, 2.75) is 50.2 Å². The highest BCUT2D eigenvalue weighted by Crippen LogP contribution is 2.34. The number of benzene rings is 1. The lowest BCUT2D eigenvalue weighted by atomic mass is 9.82. The molecule has 1 aromatic carbocycles. The smallest absolute Gasteiger partial charge is 0.208 e. The zero-order valence-electron chi connectivity index (χ0n) is 18.6. The van der Waals surface area contributed by atoms with Gasteiger partial charge in [-0.2, -0.15) is 0 Å². The first-order chi connectivity index (χ1) is 15.4. The molecule has 2 atom stereocenters. The maximum absolute atomic E-state index is 11.9. The van der Waals surface area contributed by atoms with E-state index in [9.17, 15) is 13.2 Å². The van der Waals surface area contributed by atoms with Gasteiger partial charge in [-0.15, -0.1) is 0 Å². The van der Waals surface area contributed by atoms with E-state index in [1.807, 2.05) is 0 Å². The highest BCUT2D eigenvalue weighted by molar-refractivity contribution is 7.88. The lowest BCUT2D eigenvalue weighted by Crippen LogP contribution is -2.52. The molecule has 2 aromatic rings. The van der Waals surface area contributed by atoms with Crippen molar-refractivity contribution in [3.05, 3.63) is 64.4 Å². The number of sulfonamides is 1. The zero-order chi connectivity index (χ0) is 22.6. The molecule has 1 unspecified atom stereocenters. The van der Waals surface area contributed by atoms with Gasteiger partial charge in [-0.3, -0.25) is 4.79 Å². The highest BCUT2D eigenvalue weighted by atomic mass is 32.2. The number of H-pyrrole nitrogens is 1. The van der Waals surface area contributed by atoms with Crippen LogP contribution in [0.1, 0.15) is 43.6 Å². The van der Waals surface area contributed by atoms with Gasteiger partial charge in [0.2, 0.25) is 10.0 Å². The Morgan fingerprint density at radius 1 is 1.09 bits per heavy atom. The Hall–Kier alpha value is -2.16. The molecule has 0 amide bonds. The summed E-state index contributed by atoms with van der Waals surface area (Å²) in [6.45, 7) is 1.81. The Balaban J connectivity index is 1.36. The molecule has 7 nitrogen and oxygen atoms in total. The maximum atomic E-state index is 11.9. The Kier molecular flexibility index (Phi) is 7.33. The quantitative estimate of drug-likeness (QED) is 0.664. The number of hydrogen-bond acceptors (Lipinski definition) is 5. The van der Waals surface area contributed by atoms with Crippen LogP contribution in [-0.2, 0) is 14.8 Å². The molecule has 8 heteroatoms. The predicted octanol–water partition coefficient (Wildman–Crippen LogP) is 2.86. The fourth-order valence-electron chi connectivity index (χ4n) is 5.01. The largest absolute Gasteiger partial charge is 0.378 e. The fourth-order valence-corrected chi connectivity index (χ4v) is 5.87. The molecule has 2 aliphatic rings. The number of hydrogen-bond donors (Lipinski definition) is 2. The van der Waals surface area contributed by atoms with Crippen LogP contribution in [0.2, 0.25) is 0 Å². The van der Waals surface area contributed by atoms with Crippen molar-refractivity contribution in [2.75, 3.05) is 30.9 Å². The van der Waals surface area contributed by atoms with Crippen molar-refractivity contribution in [1.82, 2.24) is 9.71 Å². The molecule has 0 bridgehead atoms.